The summed E-state index contributed by atoms with van der Waals surface area (Å²) in [6.07, 6.45) is 6.54. The predicted molar refractivity (Wildman–Crippen MR) is 80.5 cm³/mol. The van der Waals surface area contributed by atoms with E-state index in [1.807, 2.05) is 11.8 Å². The Labute approximate surface area is 121 Å². The molecule has 5 atom stereocenters. The van der Waals surface area contributed by atoms with E-state index in [4.69, 9.17) is 4.74 Å². The van der Waals surface area contributed by atoms with E-state index >= 15 is 0 Å². The quantitative estimate of drug-likeness (QED) is 0.799. The van der Waals surface area contributed by atoms with E-state index in [1.165, 1.54) is 18.6 Å². The molecule has 5 unspecified atom stereocenters. The highest BCUT2D eigenvalue weighted by Gasteiger charge is 2.49. The molecule has 3 rings (SSSR count). The molecule has 2 nitrogen and oxygen atoms in total. The molecule has 3 aliphatic rings. The van der Waals surface area contributed by atoms with Crippen LogP contribution in [0.3, 0.4) is 0 Å². The van der Waals surface area contributed by atoms with Crippen molar-refractivity contribution in [3.05, 3.63) is 0 Å². The van der Waals surface area contributed by atoms with Gasteiger partial charge in [-0.15, -0.1) is 0 Å². The van der Waals surface area contributed by atoms with Crippen LogP contribution < -0.4 is 0 Å². The molecule has 1 spiro atoms. The van der Waals surface area contributed by atoms with Gasteiger partial charge in [0, 0.05) is 12.4 Å². The fourth-order valence-corrected chi connectivity index (χ4v) is 5.72. The van der Waals surface area contributed by atoms with Crippen LogP contribution >= 0.6 is 11.8 Å². The van der Waals surface area contributed by atoms with Gasteiger partial charge in [0.1, 0.15) is 0 Å². The molecule has 1 N–H and O–H groups in total. The van der Waals surface area contributed by atoms with Crippen molar-refractivity contribution in [2.24, 2.45) is 17.8 Å². The average Bonchev–Trinajstić information content (AvgIpc) is 2.83. The Morgan fingerprint density at radius 1 is 1.11 bits per heavy atom. The molecule has 2 saturated heterocycles. The average molecular weight is 284 g/mol. The minimum absolute atomic E-state index is 0.107. The molecular weight excluding hydrogens is 256 g/mol. The lowest BCUT2D eigenvalue weighted by Gasteiger charge is -2.49. The van der Waals surface area contributed by atoms with Gasteiger partial charge in [-0.05, 0) is 62.0 Å². The lowest BCUT2D eigenvalue weighted by Crippen LogP contribution is -2.51. The van der Waals surface area contributed by atoms with Gasteiger partial charge in [0.15, 0.2) is 0 Å². The van der Waals surface area contributed by atoms with Crippen LogP contribution in [0.5, 0.6) is 0 Å². The Hall–Kier alpha value is 0.270. The topological polar surface area (TPSA) is 29.5 Å². The molecule has 1 aliphatic carbocycles. The summed E-state index contributed by atoms with van der Waals surface area (Å²) in [6.45, 7) is 5.51. The maximum absolute atomic E-state index is 11.2. The Kier molecular flexibility index (Phi) is 3.92. The summed E-state index contributed by atoms with van der Waals surface area (Å²) in [5.74, 6) is 4.28. The van der Waals surface area contributed by atoms with E-state index < -0.39 is 5.60 Å². The number of ether oxygens (including phenoxy) is 1. The minimum Gasteiger partial charge on any atom is -0.390 e. The van der Waals surface area contributed by atoms with E-state index in [0.717, 1.165) is 44.0 Å². The Balaban J connectivity index is 1.70. The predicted octanol–water partition coefficient (Wildman–Crippen LogP) is 3.48. The Morgan fingerprint density at radius 2 is 1.95 bits per heavy atom. The monoisotopic (exact) mass is 284 g/mol. The molecule has 2 aliphatic heterocycles. The molecule has 0 bridgehead atoms. The van der Waals surface area contributed by atoms with Gasteiger partial charge in [-0.3, -0.25) is 0 Å². The van der Waals surface area contributed by atoms with Gasteiger partial charge in [0.05, 0.1) is 11.2 Å². The SMILES string of the molecule is CC1CCC(O)(C2CCOC3(CCSC3)C2)CC1C. The van der Waals surface area contributed by atoms with Crippen LogP contribution in [0.4, 0.5) is 0 Å². The number of hydrogen-bond donors (Lipinski definition) is 1. The number of rotatable bonds is 1. The lowest BCUT2D eigenvalue weighted by molar-refractivity contribution is -0.150. The van der Waals surface area contributed by atoms with Gasteiger partial charge >= 0.3 is 0 Å². The summed E-state index contributed by atoms with van der Waals surface area (Å²) in [6, 6.07) is 0. The molecule has 0 aromatic heterocycles. The summed E-state index contributed by atoms with van der Waals surface area (Å²) < 4.78 is 6.11. The molecule has 0 aromatic carbocycles. The smallest absolute Gasteiger partial charge is 0.0784 e. The second kappa shape index (κ2) is 5.23. The molecule has 3 fully saturated rings. The van der Waals surface area contributed by atoms with Crippen LogP contribution in [0, 0.1) is 17.8 Å². The van der Waals surface area contributed by atoms with Crippen LogP contribution in [0.1, 0.15) is 52.4 Å². The largest absolute Gasteiger partial charge is 0.390 e. The maximum atomic E-state index is 11.2. The van der Waals surface area contributed by atoms with Crippen molar-refractivity contribution in [2.75, 3.05) is 18.1 Å². The first-order valence-electron chi connectivity index (χ1n) is 7.97. The standard InChI is InChI=1S/C16H28O2S/c1-12-3-5-16(17,9-13(12)2)14-4-7-18-15(10-14)6-8-19-11-15/h12-14,17H,3-11H2,1-2H3. The second-order valence-corrected chi connectivity index (χ2v) is 8.43. The Morgan fingerprint density at radius 3 is 2.63 bits per heavy atom. The van der Waals surface area contributed by atoms with Crippen molar-refractivity contribution in [3.8, 4) is 0 Å². The van der Waals surface area contributed by atoms with Crippen molar-refractivity contribution in [1.29, 1.82) is 0 Å². The van der Waals surface area contributed by atoms with Gasteiger partial charge in [0.25, 0.3) is 0 Å². The molecule has 0 radical (unpaired) electrons. The highest BCUT2D eigenvalue weighted by molar-refractivity contribution is 7.99. The lowest BCUT2D eigenvalue weighted by atomic mass is 9.64. The van der Waals surface area contributed by atoms with E-state index in [9.17, 15) is 5.11 Å². The summed E-state index contributed by atoms with van der Waals surface area (Å²) >= 11 is 2.02. The first-order chi connectivity index (χ1) is 9.03. The number of aliphatic hydroxyl groups is 1. The fraction of sp³-hybridized carbons (Fsp3) is 1.00. The first-order valence-corrected chi connectivity index (χ1v) is 9.13. The summed E-state index contributed by atoms with van der Waals surface area (Å²) in [5, 5.41) is 11.2. The fourth-order valence-electron chi connectivity index (χ4n) is 4.34. The summed E-state index contributed by atoms with van der Waals surface area (Å²) in [4.78, 5) is 0. The second-order valence-electron chi connectivity index (χ2n) is 7.32. The number of hydrogen-bond acceptors (Lipinski definition) is 3. The molecular formula is C16H28O2S. The first kappa shape index (κ1) is 14.2. The zero-order chi connectivity index (χ0) is 13.5. The third kappa shape index (κ3) is 2.71. The van der Waals surface area contributed by atoms with E-state index in [1.54, 1.807) is 0 Å². The molecule has 0 aromatic rings. The van der Waals surface area contributed by atoms with Gasteiger partial charge in [0.2, 0.25) is 0 Å². The van der Waals surface area contributed by atoms with Gasteiger partial charge in [-0.1, -0.05) is 13.8 Å². The molecule has 2 heterocycles. The van der Waals surface area contributed by atoms with Crippen LogP contribution in [0.25, 0.3) is 0 Å². The van der Waals surface area contributed by atoms with Gasteiger partial charge in [-0.2, -0.15) is 11.8 Å². The van der Waals surface area contributed by atoms with Crippen molar-refractivity contribution in [1.82, 2.24) is 0 Å². The van der Waals surface area contributed by atoms with E-state index in [0.29, 0.717) is 11.8 Å². The molecule has 19 heavy (non-hydrogen) atoms. The Bertz CT molecular complexity index is 327. The van der Waals surface area contributed by atoms with E-state index in [2.05, 4.69) is 13.8 Å². The van der Waals surface area contributed by atoms with E-state index in [-0.39, 0.29) is 5.60 Å². The van der Waals surface area contributed by atoms with Gasteiger partial charge < -0.3 is 9.84 Å². The van der Waals surface area contributed by atoms with Crippen LogP contribution in [-0.4, -0.2) is 34.4 Å². The zero-order valence-corrected chi connectivity index (χ0v) is 13.2. The highest BCUT2D eigenvalue weighted by atomic mass is 32.2. The summed E-state index contributed by atoms with van der Waals surface area (Å²) in [5.41, 5.74) is -0.300. The summed E-state index contributed by atoms with van der Waals surface area (Å²) in [7, 11) is 0. The van der Waals surface area contributed by atoms with Crippen LogP contribution in [0.2, 0.25) is 0 Å². The third-order valence-electron chi connectivity index (χ3n) is 6.00. The zero-order valence-electron chi connectivity index (χ0n) is 12.4. The van der Waals surface area contributed by atoms with Crippen LogP contribution in [-0.2, 0) is 4.74 Å². The van der Waals surface area contributed by atoms with Crippen molar-refractivity contribution < 1.29 is 9.84 Å². The third-order valence-corrected chi connectivity index (χ3v) is 7.22. The molecule has 3 heteroatoms. The van der Waals surface area contributed by atoms with Crippen molar-refractivity contribution in [2.45, 2.75) is 63.6 Å². The molecule has 0 amide bonds. The highest BCUT2D eigenvalue weighted by Crippen LogP contribution is 2.48. The van der Waals surface area contributed by atoms with Gasteiger partial charge in [-0.25, -0.2) is 0 Å². The van der Waals surface area contributed by atoms with Crippen LogP contribution in [0.15, 0.2) is 0 Å². The van der Waals surface area contributed by atoms with Crippen molar-refractivity contribution in [3.63, 3.8) is 0 Å². The number of thioether (sulfide) groups is 1. The minimum atomic E-state index is -0.407. The van der Waals surface area contributed by atoms with Crippen molar-refractivity contribution >= 4 is 11.8 Å². The maximum Gasteiger partial charge on any atom is 0.0784 e. The molecule has 110 valence electrons. The molecule has 1 saturated carbocycles. The normalized spacial score (nSPS) is 51.6.